The second-order valence-corrected chi connectivity index (χ2v) is 7.48. The number of aromatic amines is 1. The van der Waals surface area contributed by atoms with Crippen molar-refractivity contribution in [3.8, 4) is 5.75 Å². The van der Waals surface area contributed by atoms with Crippen molar-refractivity contribution in [3.05, 3.63) is 93.9 Å². The van der Waals surface area contributed by atoms with Crippen LogP contribution in [-0.2, 0) is 17.8 Å². The van der Waals surface area contributed by atoms with Crippen LogP contribution in [0.5, 0.6) is 5.75 Å². The number of rotatable bonds is 9. The predicted molar refractivity (Wildman–Crippen MR) is 120 cm³/mol. The summed E-state index contributed by atoms with van der Waals surface area (Å²) in [5.41, 5.74) is 2.22. The molecule has 2 aromatic carbocycles. The molecule has 6 nitrogen and oxygen atoms in total. The molecule has 0 aliphatic rings. The Hall–Kier alpha value is -3.32. The van der Waals surface area contributed by atoms with Crippen molar-refractivity contribution in [1.29, 1.82) is 0 Å². The maximum atomic E-state index is 12.3. The number of hydrogen-bond acceptors (Lipinski definition) is 5. The molecule has 30 heavy (non-hydrogen) atoms. The summed E-state index contributed by atoms with van der Waals surface area (Å²) >= 11 is 1.41. The van der Waals surface area contributed by atoms with Crippen LogP contribution >= 0.6 is 11.8 Å². The van der Waals surface area contributed by atoms with Crippen LogP contribution in [0.15, 0.2) is 76.7 Å². The van der Waals surface area contributed by atoms with E-state index in [1.54, 1.807) is 7.11 Å². The highest BCUT2D eigenvalue weighted by Gasteiger charge is 2.08. The molecule has 0 radical (unpaired) electrons. The lowest BCUT2D eigenvalue weighted by Crippen LogP contribution is -2.25. The van der Waals surface area contributed by atoms with Crippen LogP contribution in [0, 0.1) is 0 Å². The van der Waals surface area contributed by atoms with Gasteiger partial charge in [0.25, 0.3) is 5.56 Å². The summed E-state index contributed by atoms with van der Waals surface area (Å²) in [7, 11) is 1.60. The van der Waals surface area contributed by atoms with Crippen LogP contribution in [0.4, 0.5) is 0 Å². The highest BCUT2D eigenvalue weighted by molar-refractivity contribution is 7.99. The van der Waals surface area contributed by atoms with Crippen LogP contribution in [-0.4, -0.2) is 28.7 Å². The van der Waals surface area contributed by atoms with Crippen molar-refractivity contribution in [1.82, 2.24) is 15.3 Å². The summed E-state index contributed by atoms with van der Waals surface area (Å²) in [6.07, 6.45) is 4.07. The third-order valence-corrected chi connectivity index (χ3v) is 4.99. The van der Waals surface area contributed by atoms with Gasteiger partial charge in [-0.3, -0.25) is 9.59 Å². The number of benzene rings is 2. The number of nitrogens with zero attached hydrogens (tertiary/aromatic N) is 1. The van der Waals surface area contributed by atoms with E-state index in [1.807, 2.05) is 66.7 Å². The fourth-order valence-electron chi connectivity index (χ4n) is 2.73. The summed E-state index contributed by atoms with van der Waals surface area (Å²) < 4.78 is 5.18. The minimum atomic E-state index is -0.268. The Kier molecular flexibility index (Phi) is 7.86. The van der Waals surface area contributed by atoms with Gasteiger partial charge in [-0.2, -0.15) is 0 Å². The first-order valence-electron chi connectivity index (χ1n) is 9.46. The summed E-state index contributed by atoms with van der Waals surface area (Å²) in [6, 6.07) is 18.8. The fraction of sp³-hybridized carbons (Fsp3) is 0.174. The van der Waals surface area contributed by atoms with Gasteiger partial charge in [0.2, 0.25) is 5.91 Å². The van der Waals surface area contributed by atoms with E-state index in [-0.39, 0.29) is 17.9 Å². The number of ether oxygens (including phenoxy) is 1. The normalized spacial score (nSPS) is 10.8. The lowest BCUT2D eigenvalue weighted by Gasteiger charge is -2.07. The van der Waals surface area contributed by atoms with Crippen molar-refractivity contribution in [2.24, 2.45) is 0 Å². The molecule has 0 unspecified atom stereocenters. The maximum Gasteiger partial charge on any atom is 0.251 e. The van der Waals surface area contributed by atoms with Crippen LogP contribution in [0.3, 0.4) is 0 Å². The number of amides is 1. The first kappa shape index (κ1) is 21.4. The molecule has 1 heterocycles. The Morgan fingerprint density at radius 2 is 2.00 bits per heavy atom. The molecule has 0 saturated heterocycles. The molecule has 0 spiro atoms. The lowest BCUT2D eigenvalue weighted by atomic mass is 10.2. The predicted octanol–water partition coefficient (Wildman–Crippen LogP) is 3.44. The van der Waals surface area contributed by atoms with Crippen molar-refractivity contribution < 1.29 is 9.53 Å². The molecule has 1 amide bonds. The molecule has 0 atom stereocenters. The maximum absolute atomic E-state index is 12.3. The number of thioether (sulfide) groups is 1. The van der Waals surface area contributed by atoms with Gasteiger partial charge in [-0.15, -0.1) is 0 Å². The van der Waals surface area contributed by atoms with Crippen LogP contribution in [0.2, 0.25) is 0 Å². The van der Waals surface area contributed by atoms with Gasteiger partial charge < -0.3 is 15.0 Å². The number of carbonyl (C=O) groups is 1. The number of nitrogens with one attached hydrogen (secondary N) is 2. The largest absolute Gasteiger partial charge is 0.497 e. The number of hydrogen-bond donors (Lipinski definition) is 2. The minimum Gasteiger partial charge on any atom is -0.497 e. The van der Waals surface area contributed by atoms with Crippen molar-refractivity contribution in [3.63, 3.8) is 0 Å². The van der Waals surface area contributed by atoms with E-state index in [1.165, 1.54) is 17.8 Å². The van der Waals surface area contributed by atoms with E-state index >= 15 is 0 Å². The number of H-pyrrole nitrogens is 1. The van der Waals surface area contributed by atoms with Crippen molar-refractivity contribution >= 4 is 23.7 Å². The average molecular weight is 422 g/mol. The molecule has 3 aromatic rings. The molecular weight excluding hydrogens is 398 g/mol. The standard InChI is InChI=1S/C23H23N3O3S/c1-29-20-11-5-9-18(13-20)16-24-21(27)14-19-15-22(28)26-23(25-19)30-12-6-10-17-7-3-2-4-8-17/h2-11,13,15H,12,14,16H2,1H3,(H,24,27)(H,25,26,28)/b10-6+. The summed E-state index contributed by atoms with van der Waals surface area (Å²) in [5.74, 6) is 1.19. The fourth-order valence-corrected chi connectivity index (χ4v) is 3.43. The van der Waals surface area contributed by atoms with Gasteiger partial charge in [-0.1, -0.05) is 66.4 Å². The Morgan fingerprint density at radius 1 is 1.17 bits per heavy atom. The first-order chi connectivity index (χ1) is 14.6. The first-order valence-corrected chi connectivity index (χ1v) is 10.5. The van der Waals surface area contributed by atoms with Crippen LogP contribution in [0.1, 0.15) is 16.8 Å². The van der Waals surface area contributed by atoms with E-state index in [0.717, 1.165) is 16.9 Å². The van der Waals surface area contributed by atoms with E-state index in [0.29, 0.717) is 23.1 Å². The third kappa shape index (κ3) is 6.93. The van der Waals surface area contributed by atoms with Crippen LogP contribution in [0.25, 0.3) is 6.08 Å². The van der Waals surface area contributed by atoms with Gasteiger partial charge in [0.1, 0.15) is 5.75 Å². The SMILES string of the molecule is COc1cccc(CNC(=O)Cc2cc(=O)[nH]c(SC/C=C/c3ccccc3)n2)c1. The van der Waals surface area contributed by atoms with Crippen LogP contribution < -0.4 is 15.6 Å². The minimum absolute atomic E-state index is 0.0430. The van der Waals surface area contributed by atoms with E-state index in [4.69, 9.17) is 4.74 Å². The highest BCUT2D eigenvalue weighted by atomic mass is 32.2. The monoisotopic (exact) mass is 421 g/mol. The number of aromatic nitrogens is 2. The van der Waals surface area contributed by atoms with E-state index < -0.39 is 0 Å². The summed E-state index contributed by atoms with van der Waals surface area (Å²) in [5, 5.41) is 3.34. The molecule has 2 N–H and O–H groups in total. The molecule has 0 fully saturated rings. The molecule has 0 aliphatic carbocycles. The second kappa shape index (κ2) is 11.0. The Balaban J connectivity index is 1.53. The van der Waals surface area contributed by atoms with Gasteiger partial charge in [-0.25, -0.2) is 4.98 Å². The molecule has 7 heteroatoms. The zero-order chi connectivity index (χ0) is 21.2. The molecule has 0 saturated carbocycles. The molecular formula is C23H23N3O3S. The Labute approximate surface area is 179 Å². The van der Waals surface area contributed by atoms with E-state index in [2.05, 4.69) is 15.3 Å². The van der Waals surface area contributed by atoms with Gasteiger partial charge >= 0.3 is 0 Å². The summed E-state index contributed by atoms with van der Waals surface area (Å²) in [4.78, 5) is 31.3. The molecule has 0 aliphatic heterocycles. The molecule has 154 valence electrons. The van der Waals surface area contributed by atoms with Gasteiger partial charge in [0.05, 0.1) is 19.2 Å². The quantitative estimate of drug-likeness (QED) is 0.408. The second-order valence-electron chi connectivity index (χ2n) is 6.47. The van der Waals surface area contributed by atoms with E-state index in [9.17, 15) is 9.59 Å². The third-order valence-electron chi connectivity index (χ3n) is 4.16. The number of methoxy groups -OCH3 is 1. The zero-order valence-corrected chi connectivity index (χ0v) is 17.4. The number of carbonyl (C=O) groups excluding carboxylic acids is 1. The molecule has 3 rings (SSSR count). The molecule has 1 aromatic heterocycles. The van der Waals surface area contributed by atoms with Crippen molar-refractivity contribution in [2.45, 2.75) is 18.1 Å². The van der Waals surface area contributed by atoms with Gasteiger partial charge in [0.15, 0.2) is 5.16 Å². The Bertz CT molecular complexity index is 1060. The van der Waals surface area contributed by atoms with Gasteiger partial charge in [-0.05, 0) is 23.3 Å². The smallest absolute Gasteiger partial charge is 0.251 e. The van der Waals surface area contributed by atoms with Crippen molar-refractivity contribution in [2.75, 3.05) is 12.9 Å². The topological polar surface area (TPSA) is 84.1 Å². The highest BCUT2D eigenvalue weighted by Crippen LogP contribution is 2.14. The lowest BCUT2D eigenvalue weighted by molar-refractivity contribution is -0.120. The molecule has 0 bridgehead atoms. The zero-order valence-electron chi connectivity index (χ0n) is 16.6. The van der Waals surface area contributed by atoms with Gasteiger partial charge in [0, 0.05) is 18.4 Å². The average Bonchev–Trinajstić information content (AvgIpc) is 2.76. The Morgan fingerprint density at radius 3 is 2.80 bits per heavy atom. The summed E-state index contributed by atoms with van der Waals surface area (Å²) in [6.45, 7) is 0.380.